The number of benzene rings is 1. The van der Waals surface area contributed by atoms with Crippen LogP contribution in [-0.2, 0) is 11.2 Å². The summed E-state index contributed by atoms with van der Waals surface area (Å²) in [5.41, 5.74) is 1.21. The topological polar surface area (TPSA) is 41.1 Å². The van der Waals surface area contributed by atoms with Crippen LogP contribution in [0.25, 0.3) is 0 Å². The number of hydrogen-bond donors (Lipinski definition) is 2. The molecule has 0 spiro atoms. The summed E-state index contributed by atoms with van der Waals surface area (Å²) in [6.07, 6.45) is 2.80. The second kappa shape index (κ2) is 7.95. The quantitative estimate of drug-likeness (QED) is 0.854. The predicted octanol–water partition coefficient (Wildman–Crippen LogP) is 3.13. The summed E-state index contributed by atoms with van der Waals surface area (Å²) in [6.45, 7) is 6.26. The van der Waals surface area contributed by atoms with Crippen molar-refractivity contribution in [3.05, 3.63) is 34.3 Å². The molecule has 1 heterocycles. The second-order valence-corrected chi connectivity index (χ2v) is 6.94. The highest BCUT2D eigenvalue weighted by atomic mass is 79.9. The van der Waals surface area contributed by atoms with Gasteiger partial charge in [0.25, 0.3) is 0 Å². The number of piperidine rings is 1. The van der Waals surface area contributed by atoms with Gasteiger partial charge in [-0.2, -0.15) is 0 Å². The van der Waals surface area contributed by atoms with Gasteiger partial charge in [-0.05, 0) is 49.4 Å². The Hall–Kier alpha value is -0.870. The van der Waals surface area contributed by atoms with Crippen molar-refractivity contribution in [2.75, 3.05) is 13.1 Å². The highest BCUT2D eigenvalue weighted by Crippen LogP contribution is 2.18. The van der Waals surface area contributed by atoms with Crippen LogP contribution in [0.4, 0.5) is 0 Å². The standard InChI is InChI=1S/C17H25BrN2O/c1-3-14(9-13-5-4-6-15(18)10-13)17(21)20-16-11-19-8-7-12(16)2/h4-6,10,12,14,16,19H,3,7-9,11H2,1-2H3,(H,20,21). The smallest absolute Gasteiger partial charge is 0.223 e. The van der Waals surface area contributed by atoms with Crippen LogP contribution in [0, 0.1) is 11.8 Å². The summed E-state index contributed by atoms with van der Waals surface area (Å²) < 4.78 is 1.07. The Labute approximate surface area is 136 Å². The molecule has 116 valence electrons. The van der Waals surface area contributed by atoms with E-state index in [1.54, 1.807) is 0 Å². The van der Waals surface area contributed by atoms with E-state index in [0.29, 0.717) is 5.92 Å². The molecule has 0 radical (unpaired) electrons. The minimum Gasteiger partial charge on any atom is -0.352 e. The first-order valence-corrected chi connectivity index (χ1v) is 8.65. The third-order valence-electron chi connectivity index (χ3n) is 4.39. The Morgan fingerprint density at radius 1 is 1.52 bits per heavy atom. The van der Waals surface area contributed by atoms with Crippen molar-refractivity contribution in [3.8, 4) is 0 Å². The fourth-order valence-corrected chi connectivity index (χ4v) is 3.30. The molecule has 3 atom stereocenters. The average Bonchev–Trinajstić information content (AvgIpc) is 2.47. The summed E-state index contributed by atoms with van der Waals surface area (Å²) in [5.74, 6) is 0.796. The first kappa shape index (κ1) is 16.5. The first-order valence-electron chi connectivity index (χ1n) is 7.85. The van der Waals surface area contributed by atoms with Crippen LogP contribution in [0.3, 0.4) is 0 Å². The molecule has 4 heteroatoms. The Kier molecular flexibility index (Phi) is 6.24. The molecule has 2 rings (SSSR count). The zero-order valence-electron chi connectivity index (χ0n) is 12.9. The summed E-state index contributed by atoms with van der Waals surface area (Å²) in [6, 6.07) is 8.49. The molecule has 1 aromatic rings. The van der Waals surface area contributed by atoms with E-state index in [-0.39, 0.29) is 17.9 Å². The molecule has 2 N–H and O–H groups in total. The lowest BCUT2D eigenvalue weighted by Gasteiger charge is -2.31. The zero-order chi connectivity index (χ0) is 15.2. The maximum Gasteiger partial charge on any atom is 0.223 e. The van der Waals surface area contributed by atoms with Crippen LogP contribution >= 0.6 is 15.9 Å². The fourth-order valence-electron chi connectivity index (χ4n) is 2.85. The highest BCUT2D eigenvalue weighted by molar-refractivity contribution is 9.10. The maximum absolute atomic E-state index is 12.5. The third kappa shape index (κ3) is 4.82. The molecule has 0 bridgehead atoms. The number of amides is 1. The minimum absolute atomic E-state index is 0.0495. The van der Waals surface area contributed by atoms with Crippen LogP contribution in [-0.4, -0.2) is 25.0 Å². The van der Waals surface area contributed by atoms with E-state index < -0.39 is 0 Å². The van der Waals surface area contributed by atoms with E-state index in [1.165, 1.54) is 5.56 Å². The molecule has 0 aromatic heterocycles. The van der Waals surface area contributed by atoms with E-state index in [1.807, 2.05) is 12.1 Å². The van der Waals surface area contributed by atoms with E-state index >= 15 is 0 Å². The number of hydrogen-bond acceptors (Lipinski definition) is 2. The van der Waals surface area contributed by atoms with Gasteiger partial charge in [0.1, 0.15) is 0 Å². The Morgan fingerprint density at radius 2 is 2.33 bits per heavy atom. The molecule has 1 aliphatic heterocycles. The van der Waals surface area contributed by atoms with Gasteiger partial charge in [0.05, 0.1) is 0 Å². The molecule has 21 heavy (non-hydrogen) atoms. The Morgan fingerprint density at radius 3 is 3.00 bits per heavy atom. The van der Waals surface area contributed by atoms with E-state index in [4.69, 9.17) is 0 Å². The van der Waals surface area contributed by atoms with Gasteiger partial charge in [0.2, 0.25) is 5.91 Å². The van der Waals surface area contributed by atoms with Crippen molar-refractivity contribution in [2.45, 2.75) is 39.2 Å². The van der Waals surface area contributed by atoms with Crippen LogP contribution in [0.1, 0.15) is 32.3 Å². The van der Waals surface area contributed by atoms with Gasteiger partial charge in [-0.15, -0.1) is 0 Å². The Bertz CT molecular complexity index is 478. The van der Waals surface area contributed by atoms with Crippen molar-refractivity contribution in [1.29, 1.82) is 0 Å². The van der Waals surface area contributed by atoms with Gasteiger partial charge in [0, 0.05) is 23.0 Å². The summed E-state index contributed by atoms with van der Waals surface area (Å²) in [5, 5.41) is 6.61. The molecule has 3 unspecified atom stereocenters. The minimum atomic E-state index is 0.0495. The number of carbonyl (C=O) groups excluding carboxylic acids is 1. The lowest BCUT2D eigenvalue weighted by atomic mass is 9.92. The van der Waals surface area contributed by atoms with E-state index in [0.717, 1.165) is 36.8 Å². The van der Waals surface area contributed by atoms with Crippen molar-refractivity contribution in [2.24, 2.45) is 11.8 Å². The molecular weight excluding hydrogens is 328 g/mol. The van der Waals surface area contributed by atoms with Gasteiger partial charge in [-0.1, -0.05) is 41.9 Å². The maximum atomic E-state index is 12.5. The lowest BCUT2D eigenvalue weighted by molar-refractivity contribution is -0.126. The van der Waals surface area contributed by atoms with Gasteiger partial charge < -0.3 is 10.6 Å². The molecule has 0 saturated carbocycles. The number of halogens is 1. The molecule has 1 amide bonds. The summed E-state index contributed by atoms with van der Waals surface area (Å²) >= 11 is 3.49. The van der Waals surface area contributed by atoms with Crippen molar-refractivity contribution in [3.63, 3.8) is 0 Å². The zero-order valence-corrected chi connectivity index (χ0v) is 14.4. The predicted molar refractivity (Wildman–Crippen MR) is 90.2 cm³/mol. The Balaban J connectivity index is 1.95. The third-order valence-corrected chi connectivity index (χ3v) is 4.88. The molecule has 1 fully saturated rings. The molecular formula is C17H25BrN2O. The molecule has 3 nitrogen and oxygen atoms in total. The average molecular weight is 353 g/mol. The van der Waals surface area contributed by atoms with E-state index in [2.05, 4.69) is 52.5 Å². The molecule has 1 saturated heterocycles. The summed E-state index contributed by atoms with van der Waals surface area (Å²) in [4.78, 5) is 12.5. The second-order valence-electron chi connectivity index (χ2n) is 6.02. The highest BCUT2D eigenvalue weighted by Gasteiger charge is 2.25. The normalized spacial score (nSPS) is 23.6. The van der Waals surface area contributed by atoms with Gasteiger partial charge in [0.15, 0.2) is 0 Å². The van der Waals surface area contributed by atoms with Crippen molar-refractivity contribution in [1.82, 2.24) is 10.6 Å². The number of nitrogens with one attached hydrogen (secondary N) is 2. The fraction of sp³-hybridized carbons (Fsp3) is 0.588. The number of carbonyl (C=O) groups is 1. The summed E-state index contributed by atoms with van der Waals surface area (Å²) in [7, 11) is 0. The molecule has 1 aromatic carbocycles. The van der Waals surface area contributed by atoms with Crippen molar-refractivity contribution >= 4 is 21.8 Å². The first-order chi connectivity index (χ1) is 10.1. The van der Waals surface area contributed by atoms with Crippen LogP contribution < -0.4 is 10.6 Å². The van der Waals surface area contributed by atoms with Gasteiger partial charge in [-0.25, -0.2) is 0 Å². The number of rotatable bonds is 5. The van der Waals surface area contributed by atoms with Crippen molar-refractivity contribution < 1.29 is 4.79 Å². The molecule has 1 aliphatic rings. The van der Waals surface area contributed by atoms with Gasteiger partial charge in [-0.3, -0.25) is 4.79 Å². The SMILES string of the molecule is CCC(Cc1cccc(Br)c1)C(=O)NC1CNCCC1C. The molecule has 0 aliphatic carbocycles. The van der Waals surface area contributed by atoms with Crippen LogP contribution in [0.15, 0.2) is 28.7 Å². The van der Waals surface area contributed by atoms with Crippen LogP contribution in [0.5, 0.6) is 0 Å². The van der Waals surface area contributed by atoms with Crippen LogP contribution in [0.2, 0.25) is 0 Å². The van der Waals surface area contributed by atoms with Gasteiger partial charge >= 0.3 is 0 Å². The lowest BCUT2D eigenvalue weighted by Crippen LogP contribution is -2.51. The van der Waals surface area contributed by atoms with E-state index in [9.17, 15) is 4.79 Å². The monoisotopic (exact) mass is 352 g/mol. The largest absolute Gasteiger partial charge is 0.352 e.